The van der Waals surface area contributed by atoms with Crippen LogP contribution in [0.15, 0.2) is 10.7 Å². The lowest BCUT2D eigenvalue weighted by atomic mass is 9.91. The number of nitrogens with one attached hydrogen (secondary N) is 1. The molecule has 0 aliphatic heterocycles. The van der Waals surface area contributed by atoms with Crippen molar-refractivity contribution in [2.45, 2.75) is 57.5 Å². The van der Waals surface area contributed by atoms with Crippen LogP contribution in [0.2, 0.25) is 0 Å². The first kappa shape index (κ1) is 16.9. The molecule has 0 spiro atoms. The summed E-state index contributed by atoms with van der Waals surface area (Å²) in [6.07, 6.45) is 11.0. The van der Waals surface area contributed by atoms with Gasteiger partial charge in [0.05, 0.1) is 35.6 Å². The molecule has 1 aliphatic rings. The molecule has 1 atom stereocenters. The molecule has 1 unspecified atom stereocenters. The fraction of sp³-hybridized carbons (Fsp3) is 0.800. The molecule has 0 saturated heterocycles. The minimum absolute atomic E-state index is 0.141. The van der Waals surface area contributed by atoms with Crippen molar-refractivity contribution in [2.75, 3.05) is 13.7 Å². The van der Waals surface area contributed by atoms with E-state index in [4.69, 9.17) is 10.6 Å². The predicted octanol–water partition coefficient (Wildman–Crippen LogP) is 3.16. The van der Waals surface area contributed by atoms with E-state index in [-0.39, 0.29) is 6.04 Å². The Bertz CT molecular complexity index is 416. The third-order valence-corrected chi connectivity index (χ3v) is 5.03. The quantitative estimate of drug-likeness (QED) is 0.446. The van der Waals surface area contributed by atoms with Gasteiger partial charge in [-0.15, -0.1) is 0 Å². The Morgan fingerprint density at radius 3 is 2.76 bits per heavy atom. The molecule has 2 rings (SSSR count). The number of methoxy groups -OCH3 is 1. The Morgan fingerprint density at radius 1 is 1.43 bits per heavy atom. The Morgan fingerprint density at radius 2 is 2.14 bits per heavy atom. The molecule has 21 heavy (non-hydrogen) atoms. The highest BCUT2D eigenvalue weighted by atomic mass is 79.9. The fourth-order valence-corrected chi connectivity index (χ4v) is 3.84. The highest BCUT2D eigenvalue weighted by molar-refractivity contribution is 9.10. The third kappa shape index (κ3) is 4.77. The maximum Gasteiger partial charge on any atom is 0.0710 e. The second-order valence-corrected chi connectivity index (χ2v) is 6.76. The Labute approximate surface area is 135 Å². The molecule has 120 valence electrons. The lowest BCUT2D eigenvalue weighted by Gasteiger charge is -2.23. The Balaban J connectivity index is 2.06. The van der Waals surface area contributed by atoms with Crippen molar-refractivity contribution in [3.8, 4) is 0 Å². The van der Waals surface area contributed by atoms with E-state index in [0.29, 0.717) is 6.61 Å². The molecular formula is C15H27BrN4O. The van der Waals surface area contributed by atoms with Gasteiger partial charge in [0.2, 0.25) is 0 Å². The molecule has 1 aromatic rings. The number of rotatable bonds is 7. The zero-order chi connectivity index (χ0) is 15.1. The molecule has 1 aliphatic carbocycles. The molecule has 0 amide bonds. The van der Waals surface area contributed by atoms with E-state index in [1.807, 2.05) is 10.9 Å². The second kappa shape index (κ2) is 8.88. The Kier molecular flexibility index (Phi) is 7.16. The average molecular weight is 359 g/mol. The number of ether oxygens (including phenoxy) is 1. The Hall–Kier alpha value is -0.430. The van der Waals surface area contributed by atoms with Gasteiger partial charge in [-0.25, -0.2) is 0 Å². The van der Waals surface area contributed by atoms with E-state index >= 15 is 0 Å². The first-order chi connectivity index (χ1) is 10.3. The number of hydrazine groups is 1. The fourth-order valence-electron chi connectivity index (χ4n) is 3.27. The zero-order valence-electron chi connectivity index (χ0n) is 12.9. The van der Waals surface area contributed by atoms with Gasteiger partial charge >= 0.3 is 0 Å². The summed E-state index contributed by atoms with van der Waals surface area (Å²) >= 11 is 3.61. The van der Waals surface area contributed by atoms with E-state index in [9.17, 15) is 0 Å². The summed E-state index contributed by atoms with van der Waals surface area (Å²) in [6, 6.07) is 0.141. The number of hydrogen-bond donors (Lipinski definition) is 2. The molecule has 1 aromatic heterocycles. The van der Waals surface area contributed by atoms with Crippen LogP contribution in [-0.4, -0.2) is 23.5 Å². The molecule has 0 aromatic carbocycles. The first-order valence-corrected chi connectivity index (χ1v) is 8.71. The van der Waals surface area contributed by atoms with Gasteiger partial charge in [-0.05, 0) is 28.3 Å². The van der Waals surface area contributed by atoms with Gasteiger partial charge in [-0.1, -0.05) is 38.5 Å². The minimum atomic E-state index is 0.141. The van der Waals surface area contributed by atoms with Gasteiger partial charge < -0.3 is 4.74 Å². The number of nitrogens with zero attached hydrogens (tertiary/aromatic N) is 2. The summed E-state index contributed by atoms with van der Waals surface area (Å²) in [5, 5.41) is 4.43. The number of aromatic nitrogens is 2. The highest BCUT2D eigenvalue weighted by Gasteiger charge is 2.23. The van der Waals surface area contributed by atoms with Crippen LogP contribution in [0.5, 0.6) is 0 Å². The topological polar surface area (TPSA) is 65.1 Å². The SMILES string of the molecule is COCCn1ncc(Br)c1C(CC1CCCCCC1)NN. The van der Waals surface area contributed by atoms with Crippen LogP contribution in [0.3, 0.4) is 0 Å². The van der Waals surface area contributed by atoms with E-state index in [1.165, 1.54) is 38.5 Å². The molecule has 1 heterocycles. The van der Waals surface area contributed by atoms with Crippen molar-refractivity contribution in [3.05, 3.63) is 16.4 Å². The van der Waals surface area contributed by atoms with Gasteiger partial charge in [-0.2, -0.15) is 5.10 Å². The molecule has 3 N–H and O–H groups in total. The predicted molar refractivity (Wildman–Crippen MR) is 87.7 cm³/mol. The van der Waals surface area contributed by atoms with Crippen LogP contribution in [0.4, 0.5) is 0 Å². The highest BCUT2D eigenvalue weighted by Crippen LogP contribution is 2.33. The van der Waals surface area contributed by atoms with Crippen molar-refractivity contribution < 1.29 is 4.74 Å². The van der Waals surface area contributed by atoms with Crippen molar-refractivity contribution >= 4 is 15.9 Å². The van der Waals surface area contributed by atoms with Crippen LogP contribution >= 0.6 is 15.9 Å². The van der Waals surface area contributed by atoms with Gasteiger partial charge in [-0.3, -0.25) is 16.0 Å². The standard InChI is InChI=1S/C15H27BrN4O/c1-21-9-8-20-15(13(16)11-18-20)14(19-17)10-12-6-4-2-3-5-7-12/h11-12,14,19H,2-10,17H2,1H3. The molecule has 1 fully saturated rings. The summed E-state index contributed by atoms with van der Waals surface area (Å²) < 4.78 is 8.18. The maximum atomic E-state index is 5.84. The van der Waals surface area contributed by atoms with Crippen LogP contribution in [0, 0.1) is 5.92 Å². The van der Waals surface area contributed by atoms with Crippen molar-refractivity contribution in [2.24, 2.45) is 11.8 Å². The summed E-state index contributed by atoms with van der Waals surface area (Å²) in [4.78, 5) is 0. The first-order valence-electron chi connectivity index (χ1n) is 7.92. The lowest BCUT2D eigenvalue weighted by molar-refractivity contribution is 0.181. The third-order valence-electron chi connectivity index (χ3n) is 4.42. The monoisotopic (exact) mass is 358 g/mol. The summed E-state index contributed by atoms with van der Waals surface area (Å²) in [7, 11) is 1.71. The van der Waals surface area contributed by atoms with E-state index in [2.05, 4.69) is 26.5 Å². The second-order valence-electron chi connectivity index (χ2n) is 5.91. The normalized spacial score (nSPS) is 18.6. The van der Waals surface area contributed by atoms with Crippen LogP contribution < -0.4 is 11.3 Å². The van der Waals surface area contributed by atoms with Crippen LogP contribution in [0.1, 0.15) is 56.7 Å². The van der Waals surface area contributed by atoms with Crippen LogP contribution in [0.25, 0.3) is 0 Å². The van der Waals surface area contributed by atoms with E-state index in [1.54, 1.807) is 7.11 Å². The summed E-state index contributed by atoms with van der Waals surface area (Å²) in [5.41, 5.74) is 4.14. The number of nitrogens with two attached hydrogens (primary N) is 1. The maximum absolute atomic E-state index is 5.84. The number of halogens is 1. The van der Waals surface area contributed by atoms with Crippen molar-refractivity contribution in [3.63, 3.8) is 0 Å². The summed E-state index contributed by atoms with van der Waals surface area (Å²) in [5.74, 6) is 6.60. The van der Waals surface area contributed by atoms with Gasteiger partial charge in [0.15, 0.2) is 0 Å². The largest absolute Gasteiger partial charge is 0.383 e. The zero-order valence-corrected chi connectivity index (χ0v) is 14.4. The molecule has 0 bridgehead atoms. The molecular weight excluding hydrogens is 332 g/mol. The van der Waals surface area contributed by atoms with E-state index < -0.39 is 0 Å². The van der Waals surface area contributed by atoms with Gasteiger partial charge in [0.25, 0.3) is 0 Å². The minimum Gasteiger partial charge on any atom is -0.383 e. The summed E-state index contributed by atoms with van der Waals surface area (Å²) in [6.45, 7) is 1.40. The van der Waals surface area contributed by atoms with Crippen molar-refractivity contribution in [1.29, 1.82) is 0 Å². The lowest BCUT2D eigenvalue weighted by Crippen LogP contribution is -2.32. The average Bonchev–Trinajstić information content (AvgIpc) is 2.70. The number of hydrogen-bond acceptors (Lipinski definition) is 4. The van der Waals surface area contributed by atoms with E-state index in [0.717, 1.165) is 29.1 Å². The molecule has 6 heteroatoms. The molecule has 1 saturated carbocycles. The van der Waals surface area contributed by atoms with Gasteiger partial charge in [0, 0.05) is 7.11 Å². The molecule has 0 radical (unpaired) electrons. The van der Waals surface area contributed by atoms with Crippen LogP contribution in [-0.2, 0) is 11.3 Å². The smallest absolute Gasteiger partial charge is 0.0710 e. The van der Waals surface area contributed by atoms with Crippen molar-refractivity contribution in [1.82, 2.24) is 15.2 Å². The molecule has 5 nitrogen and oxygen atoms in total. The van der Waals surface area contributed by atoms with Gasteiger partial charge in [0.1, 0.15) is 0 Å².